The van der Waals surface area contributed by atoms with Crippen molar-refractivity contribution in [1.82, 2.24) is 9.13 Å². The number of hydrogen-bond acceptors (Lipinski definition) is 1. The molecule has 0 saturated heterocycles. The van der Waals surface area contributed by atoms with Crippen LogP contribution in [-0.2, 0) is 0 Å². The predicted octanol–water partition coefficient (Wildman–Crippen LogP) is 13.7. The summed E-state index contributed by atoms with van der Waals surface area (Å²) in [5.41, 5.74) is 10.4. The second-order valence-electron chi connectivity index (χ2n) is 13.8. The average Bonchev–Trinajstić information content (AvgIpc) is 3.74. The van der Waals surface area contributed by atoms with Crippen LogP contribution in [0.25, 0.3) is 76.5 Å². The Kier molecular flexibility index (Phi) is 6.55. The first-order valence-corrected chi connectivity index (χ1v) is 18.2. The molecule has 0 atom stereocenters. The van der Waals surface area contributed by atoms with Gasteiger partial charge in [0.2, 0.25) is 0 Å². The highest BCUT2D eigenvalue weighted by Crippen LogP contribution is 2.44. The van der Waals surface area contributed by atoms with Crippen molar-refractivity contribution in [3.05, 3.63) is 200 Å². The number of para-hydroxylation sites is 4. The van der Waals surface area contributed by atoms with Gasteiger partial charge in [-0.05, 0) is 82.9 Å². The second kappa shape index (κ2) is 11.7. The fourth-order valence-electron chi connectivity index (χ4n) is 8.55. The van der Waals surface area contributed by atoms with Crippen LogP contribution in [0.15, 0.2) is 200 Å². The van der Waals surface area contributed by atoms with E-state index in [4.69, 9.17) is 0 Å². The molecular formula is C50H33N3. The molecular weight excluding hydrogens is 643 g/mol. The van der Waals surface area contributed by atoms with E-state index in [9.17, 15) is 0 Å². The third-order valence-corrected chi connectivity index (χ3v) is 10.8. The molecule has 11 rings (SSSR count). The molecule has 9 aromatic carbocycles. The van der Waals surface area contributed by atoms with E-state index in [1.54, 1.807) is 0 Å². The summed E-state index contributed by atoms with van der Waals surface area (Å²) < 4.78 is 4.84. The Morgan fingerprint density at radius 3 is 1.51 bits per heavy atom. The SMILES string of the molecule is c1ccc(N(c2ccc3c4ccc(-n5c6ccccc6c6ccccc65)cc4n(-c4ccccc4)c3c2)c2cc3ccccc3c3ccccc23)cc1. The molecule has 0 bridgehead atoms. The summed E-state index contributed by atoms with van der Waals surface area (Å²) in [6.45, 7) is 0. The first kappa shape index (κ1) is 29.6. The van der Waals surface area contributed by atoms with Gasteiger partial charge < -0.3 is 14.0 Å². The van der Waals surface area contributed by atoms with Gasteiger partial charge in [0.05, 0.1) is 27.8 Å². The molecule has 11 aromatic rings. The third-order valence-electron chi connectivity index (χ3n) is 10.8. The molecule has 3 nitrogen and oxygen atoms in total. The summed E-state index contributed by atoms with van der Waals surface area (Å²) in [7, 11) is 0. The number of hydrogen-bond donors (Lipinski definition) is 0. The summed E-state index contributed by atoms with van der Waals surface area (Å²) in [5, 5.41) is 9.92. The Morgan fingerprint density at radius 2 is 0.792 bits per heavy atom. The maximum atomic E-state index is 2.44. The molecule has 0 N–H and O–H groups in total. The van der Waals surface area contributed by atoms with E-state index in [0.29, 0.717) is 0 Å². The van der Waals surface area contributed by atoms with Gasteiger partial charge in [0, 0.05) is 49.7 Å². The highest BCUT2D eigenvalue weighted by molar-refractivity contribution is 6.16. The molecule has 0 saturated carbocycles. The lowest BCUT2D eigenvalue weighted by molar-refractivity contribution is 1.15. The maximum Gasteiger partial charge on any atom is 0.0561 e. The molecule has 0 radical (unpaired) electrons. The molecule has 0 unspecified atom stereocenters. The molecule has 0 amide bonds. The van der Waals surface area contributed by atoms with Crippen molar-refractivity contribution in [2.75, 3.05) is 4.90 Å². The van der Waals surface area contributed by atoms with Gasteiger partial charge in [-0.1, -0.05) is 133 Å². The van der Waals surface area contributed by atoms with E-state index in [0.717, 1.165) is 34.0 Å². The van der Waals surface area contributed by atoms with Gasteiger partial charge >= 0.3 is 0 Å². The van der Waals surface area contributed by atoms with Crippen LogP contribution in [0, 0.1) is 0 Å². The zero-order valence-corrected chi connectivity index (χ0v) is 28.9. The third kappa shape index (κ3) is 4.54. The summed E-state index contributed by atoms with van der Waals surface area (Å²) in [6, 6.07) is 72.8. The molecule has 53 heavy (non-hydrogen) atoms. The smallest absolute Gasteiger partial charge is 0.0561 e. The highest BCUT2D eigenvalue weighted by Gasteiger charge is 2.21. The lowest BCUT2D eigenvalue weighted by atomic mass is 9.99. The van der Waals surface area contributed by atoms with Crippen molar-refractivity contribution in [1.29, 1.82) is 0 Å². The van der Waals surface area contributed by atoms with Crippen LogP contribution < -0.4 is 4.90 Å². The van der Waals surface area contributed by atoms with Crippen LogP contribution in [0.3, 0.4) is 0 Å². The Bertz CT molecular complexity index is 3120. The van der Waals surface area contributed by atoms with Gasteiger partial charge in [0.25, 0.3) is 0 Å². The van der Waals surface area contributed by atoms with Crippen molar-refractivity contribution in [3.8, 4) is 11.4 Å². The van der Waals surface area contributed by atoms with Crippen molar-refractivity contribution in [2.45, 2.75) is 0 Å². The zero-order chi connectivity index (χ0) is 34.9. The topological polar surface area (TPSA) is 13.1 Å². The number of anilines is 3. The minimum Gasteiger partial charge on any atom is -0.310 e. The first-order chi connectivity index (χ1) is 26.3. The zero-order valence-electron chi connectivity index (χ0n) is 28.9. The lowest BCUT2D eigenvalue weighted by Gasteiger charge is -2.28. The van der Waals surface area contributed by atoms with Crippen LogP contribution in [0.5, 0.6) is 0 Å². The Labute approximate surface area is 306 Å². The molecule has 0 aliphatic carbocycles. The van der Waals surface area contributed by atoms with Gasteiger partial charge in [-0.15, -0.1) is 0 Å². The summed E-state index contributed by atoms with van der Waals surface area (Å²) in [5.74, 6) is 0. The number of aromatic nitrogens is 2. The Morgan fingerprint density at radius 1 is 0.283 bits per heavy atom. The van der Waals surface area contributed by atoms with E-state index in [1.807, 2.05) is 0 Å². The van der Waals surface area contributed by atoms with E-state index < -0.39 is 0 Å². The van der Waals surface area contributed by atoms with E-state index in [1.165, 1.54) is 59.6 Å². The quantitative estimate of drug-likeness (QED) is 0.166. The van der Waals surface area contributed by atoms with E-state index in [2.05, 4.69) is 214 Å². The second-order valence-corrected chi connectivity index (χ2v) is 13.8. The average molecular weight is 676 g/mol. The molecule has 2 heterocycles. The Hall–Kier alpha value is -7.10. The molecule has 0 fully saturated rings. The number of fused-ring (bicyclic) bond motifs is 9. The van der Waals surface area contributed by atoms with Crippen molar-refractivity contribution in [2.24, 2.45) is 0 Å². The predicted molar refractivity (Wildman–Crippen MR) is 225 cm³/mol. The van der Waals surface area contributed by atoms with Gasteiger partial charge in [-0.3, -0.25) is 0 Å². The maximum absolute atomic E-state index is 2.44. The van der Waals surface area contributed by atoms with Crippen LogP contribution in [-0.4, -0.2) is 9.13 Å². The fraction of sp³-hybridized carbons (Fsp3) is 0. The van der Waals surface area contributed by atoms with Crippen LogP contribution >= 0.6 is 0 Å². The highest BCUT2D eigenvalue weighted by atomic mass is 15.1. The van der Waals surface area contributed by atoms with Crippen molar-refractivity contribution >= 4 is 82.2 Å². The lowest BCUT2D eigenvalue weighted by Crippen LogP contribution is -2.10. The van der Waals surface area contributed by atoms with Crippen molar-refractivity contribution in [3.63, 3.8) is 0 Å². The van der Waals surface area contributed by atoms with Gasteiger partial charge in [0.15, 0.2) is 0 Å². The standard InChI is InChI=1S/C50H33N3/c1-3-16-35(17-4-1)51(48-31-34-15-7-8-20-39(34)40-21-9-10-22-41(40)48)37-27-29-44-45-30-28-38(33-50(45)52(49(44)32-37)36-18-5-2-6-19-36)53-46-25-13-11-23-42(46)43-24-12-14-26-47(43)53/h1-33H. The molecule has 0 aliphatic rings. The number of rotatable bonds is 5. The van der Waals surface area contributed by atoms with Gasteiger partial charge in [-0.25, -0.2) is 0 Å². The molecule has 248 valence electrons. The largest absolute Gasteiger partial charge is 0.310 e. The fourth-order valence-corrected chi connectivity index (χ4v) is 8.55. The van der Waals surface area contributed by atoms with Gasteiger partial charge in [-0.2, -0.15) is 0 Å². The minimum atomic E-state index is 1.10. The first-order valence-electron chi connectivity index (χ1n) is 18.2. The summed E-state index contributed by atoms with van der Waals surface area (Å²) in [4.78, 5) is 2.42. The summed E-state index contributed by atoms with van der Waals surface area (Å²) in [6.07, 6.45) is 0. The van der Waals surface area contributed by atoms with E-state index in [-0.39, 0.29) is 0 Å². The number of nitrogens with zero attached hydrogens (tertiary/aromatic N) is 3. The van der Waals surface area contributed by atoms with Crippen molar-refractivity contribution < 1.29 is 0 Å². The van der Waals surface area contributed by atoms with E-state index >= 15 is 0 Å². The molecule has 3 heteroatoms. The summed E-state index contributed by atoms with van der Waals surface area (Å²) >= 11 is 0. The molecule has 0 spiro atoms. The monoisotopic (exact) mass is 675 g/mol. The normalized spacial score (nSPS) is 11.8. The van der Waals surface area contributed by atoms with Crippen LogP contribution in [0.1, 0.15) is 0 Å². The molecule has 2 aromatic heterocycles. The van der Waals surface area contributed by atoms with Crippen LogP contribution in [0.2, 0.25) is 0 Å². The number of benzene rings is 9. The van der Waals surface area contributed by atoms with Gasteiger partial charge in [0.1, 0.15) is 0 Å². The molecule has 0 aliphatic heterocycles. The Balaban J connectivity index is 1.20. The van der Waals surface area contributed by atoms with Crippen LogP contribution in [0.4, 0.5) is 17.1 Å². The minimum absolute atomic E-state index is 1.10.